The van der Waals surface area contributed by atoms with E-state index in [2.05, 4.69) is 22.8 Å². The molecule has 4 nitrogen and oxygen atoms in total. The zero-order chi connectivity index (χ0) is 21.1. The smallest absolute Gasteiger partial charge is 0.258 e. The van der Waals surface area contributed by atoms with Gasteiger partial charge in [0.05, 0.1) is 16.8 Å². The summed E-state index contributed by atoms with van der Waals surface area (Å²) in [6, 6.07) is 21.3. The van der Waals surface area contributed by atoms with Crippen LogP contribution in [-0.2, 0) is 0 Å². The normalized spacial score (nSPS) is 17.3. The molecule has 0 saturated heterocycles. The molecule has 3 aromatic carbocycles. The molecule has 5 heteroatoms. The summed E-state index contributed by atoms with van der Waals surface area (Å²) in [6.45, 7) is 2.38. The van der Waals surface area contributed by atoms with Gasteiger partial charge in [-0.3, -0.25) is 9.59 Å². The van der Waals surface area contributed by atoms with E-state index >= 15 is 0 Å². The molecule has 0 spiro atoms. The van der Waals surface area contributed by atoms with E-state index in [1.54, 1.807) is 31.2 Å². The second-order valence-corrected chi connectivity index (χ2v) is 7.65. The summed E-state index contributed by atoms with van der Waals surface area (Å²) in [6.07, 6.45) is 1.05. The molecule has 0 bridgehead atoms. The number of aryl methyl sites for hydroxylation is 1. The maximum atomic E-state index is 14.0. The number of rotatable bonds is 6. The minimum Gasteiger partial charge on any atom is -0.352 e. The lowest BCUT2D eigenvalue weighted by atomic mass is 10.1. The second-order valence-electron chi connectivity index (χ2n) is 7.65. The molecule has 1 aliphatic rings. The highest BCUT2D eigenvalue weighted by Crippen LogP contribution is 2.46. The van der Waals surface area contributed by atoms with Crippen molar-refractivity contribution >= 4 is 17.5 Å². The number of carbonyl (C=O) groups is 2. The van der Waals surface area contributed by atoms with Crippen molar-refractivity contribution in [2.45, 2.75) is 19.3 Å². The van der Waals surface area contributed by atoms with Gasteiger partial charge in [-0.25, -0.2) is 4.39 Å². The number of para-hydroxylation sites is 1. The van der Waals surface area contributed by atoms with Crippen LogP contribution in [0.2, 0.25) is 0 Å². The van der Waals surface area contributed by atoms with Gasteiger partial charge in [0.15, 0.2) is 0 Å². The predicted molar refractivity (Wildman–Crippen MR) is 115 cm³/mol. The lowest BCUT2D eigenvalue weighted by Crippen LogP contribution is -2.27. The molecular weight excluding hydrogens is 379 g/mol. The summed E-state index contributed by atoms with van der Waals surface area (Å²) >= 11 is 0. The van der Waals surface area contributed by atoms with Gasteiger partial charge in [-0.1, -0.05) is 54.6 Å². The molecule has 2 unspecified atom stereocenters. The van der Waals surface area contributed by atoms with Crippen LogP contribution in [0.3, 0.4) is 0 Å². The zero-order valence-corrected chi connectivity index (χ0v) is 16.7. The van der Waals surface area contributed by atoms with Crippen molar-refractivity contribution in [2.75, 3.05) is 11.9 Å². The Balaban J connectivity index is 1.44. The molecule has 1 saturated carbocycles. The standard InChI is InChI=1S/C25H23FN2O2/c1-16-8-7-12-20(23(16)28-25(30)19-11-5-6-13-22(19)26)24(29)27-15-18-14-21(18)17-9-3-2-4-10-17/h2-13,18,21H,14-15H2,1H3,(H,27,29)(H,28,30). The monoisotopic (exact) mass is 402 g/mol. The van der Waals surface area contributed by atoms with Gasteiger partial charge >= 0.3 is 0 Å². The van der Waals surface area contributed by atoms with Crippen molar-refractivity contribution in [3.63, 3.8) is 0 Å². The van der Waals surface area contributed by atoms with Gasteiger partial charge in [-0.15, -0.1) is 0 Å². The van der Waals surface area contributed by atoms with E-state index in [0.717, 1.165) is 12.0 Å². The van der Waals surface area contributed by atoms with Crippen molar-refractivity contribution in [3.05, 3.63) is 101 Å². The average Bonchev–Trinajstić information content (AvgIpc) is 3.54. The Morgan fingerprint density at radius 3 is 2.37 bits per heavy atom. The maximum Gasteiger partial charge on any atom is 0.258 e. The highest BCUT2D eigenvalue weighted by Gasteiger charge is 2.38. The van der Waals surface area contributed by atoms with Crippen LogP contribution in [0, 0.1) is 18.7 Å². The molecule has 0 aromatic heterocycles. The lowest BCUT2D eigenvalue weighted by Gasteiger charge is -2.14. The number of halogens is 1. The van der Waals surface area contributed by atoms with E-state index in [0.29, 0.717) is 29.6 Å². The number of carbonyl (C=O) groups excluding carboxylic acids is 2. The molecule has 30 heavy (non-hydrogen) atoms. The highest BCUT2D eigenvalue weighted by atomic mass is 19.1. The van der Waals surface area contributed by atoms with E-state index in [9.17, 15) is 14.0 Å². The first-order valence-corrected chi connectivity index (χ1v) is 10.0. The number of anilines is 1. The van der Waals surface area contributed by atoms with Gasteiger partial charge in [-0.2, -0.15) is 0 Å². The average molecular weight is 402 g/mol. The van der Waals surface area contributed by atoms with Crippen molar-refractivity contribution in [1.29, 1.82) is 0 Å². The summed E-state index contributed by atoms with van der Waals surface area (Å²) in [5, 5.41) is 5.70. The van der Waals surface area contributed by atoms with Crippen LogP contribution in [0.4, 0.5) is 10.1 Å². The molecule has 2 atom stereocenters. The van der Waals surface area contributed by atoms with E-state index in [1.807, 2.05) is 18.2 Å². The SMILES string of the molecule is Cc1cccc(C(=O)NCC2CC2c2ccccc2)c1NC(=O)c1ccccc1F. The number of benzene rings is 3. The van der Waals surface area contributed by atoms with Crippen LogP contribution in [0.15, 0.2) is 72.8 Å². The van der Waals surface area contributed by atoms with Crippen LogP contribution in [0.5, 0.6) is 0 Å². The van der Waals surface area contributed by atoms with Crippen molar-refractivity contribution in [2.24, 2.45) is 5.92 Å². The van der Waals surface area contributed by atoms with Crippen LogP contribution in [0.25, 0.3) is 0 Å². The third kappa shape index (κ3) is 4.25. The first-order chi connectivity index (χ1) is 14.5. The second kappa shape index (κ2) is 8.49. The van der Waals surface area contributed by atoms with Gasteiger partial charge in [0, 0.05) is 6.54 Å². The lowest BCUT2D eigenvalue weighted by molar-refractivity contribution is 0.0952. The van der Waals surface area contributed by atoms with E-state index < -0.39 is 11.7 Å². The molecule has 2 N–H and O–H groups in total. The maximum absolute atomic E-state index is 14.0. The molecule has 3 aromatic rings. The molecule has 0 heterocycles. The molecule has 1 fully saturated rings. The van der Waals surface area contributed by atoms with Gasteiger partial charge in [0.1, 0.15) is 5.82 Å². The fraction of sp³-hybridized carbons (Fsp3) is 0.200. The largest absolute Gasteiger partial charge is 0.352 e. The van der Waals surface area contributed by atoms with Gasteiger partial charge in [0.2, 0.25) is 0 Å². The van der Waals surface area contributed by atoms with Crippen molar-refractivity contribution < 1.29 is 14.0 Å². The number of hydrogen-bond donors (Lipinski definition) is 2. The van der Waals surface area contributed by atoms with Crippen molar-refractivity contribution in [1.82, 2.24) is 5.32 Å². The predicted octanol–water partition coefficient (Wildman–Crippen LogP) is 4.92. The molecular formula is C25H23FN2O2. The summed E-state index contributed by atoms with van der Waals surface area (Å²) in [7, 11) is 0. The Morgan fingerprint density at radius 2 is 1.60 bits per heavy atom. The Labute approximate surface area is 175 Å². The third-order valence-corrected chi connectivity index (χ3v) is 5.55. The van der Waals surface area contributed by atoms with E-state index in [-0.39, 0.29) is 11.5 Å². The Morgan fingerprint density at radius 1 is 0.900 bits per heavy atom. The summed E-state index contributed by atoms with van der Waals surface area (Å²) in [5.41, 5.74) is 2.75. The van der Waals surface area contributed by atoms with Gasteiger partial charge in [-0.05, 0) is 54.5 Å². The minimum atomic E-state index is -0.602. The van der Waals surface area contributed by atoms with Crippen LogP contribution in [0.1, 0.15) is 44.2 Å². The Kier molecular flexibility index (Phi) is 5.61. The van der Waals surface area contributed by atoms with E-state index in [4.69, 9.17) is 0 Å². The van der Waals surface area contributed by atoms with Crippen LogP contribution < -0.4 is 10.6 Å². The first kappa shape index (κ1) is 19.8. The molecule has 0 radical (unpaired) electrons. The molecule has 4 rings (SSSR count). The highest BCUT2D eigenvalue weighted by molar-refractivity contribution is 6.09. The summed E-state index contributed by atoms with van der Waals surface area (Å²) < 4.78 is 14.0. The molecule has 152 valence electrons. The summed E-state index contributed by atoms with van der Waals surface area (Å²) in [5.74, 6) is -0.541. The van der Waals surface area contributed by atoms with Gasteiger partial charge < -0.3 is 10.6 Å². The fourth-order valence-electron chi connectivity index (χ4n) is 3.75. The topological polar surface area (TPSA) is 58.2 Å². The zero-order valence-electron chi connectivity index (χ0n) is 16.7. The fourth-order valence-corrected chi connectivity index (χ4v) is 3.75. The van der Waals surface area contributed by atoms with Gasteiger partial charge in [0.25, 0.3) is 11.8 Å². The molecule has 2 amide bonds. The van der Waals surface area contributed by atoms with Crippen molar-refractivity contribution in [3.8, 4) is 0 Å². The molecule has 0 aliphatic heterocycles. The minimum absolute atomic E-state index is 0.0594. The summed E-state index contributed by atoms with van der Waals surface area (Å²) in [4.78, 5) is 25.4. The third-order valence-electron chi connectivity index (χ3n) is 5.55. The number of amides is 2. The van der Waals surface area contributed by atoms with Crippen LogP contribution in [-0.4, -0.2) is 18.4 Å². The van der Waals surface area contributed by atoms with E-state index in [1.165, 1.54) is 23.8 Å². The number of nitrogens with one attached hydrogen (secondary N) is 2. The Hall–Kier alpha value is -3.47. The Bertz CT molecular complexity index is 1080. The van der Waals surface area contributed by atoms with Crippen LogP contribution >= 0.6 is 0 Å². The molecule has 1 aliphatic carbocycles. The first-order valence-electron chi connectivity index (χ1n) is 10.0. The number of hydrogen-bond acceptors (Lipinski definition) is 2. The quantitative estimate of drug-likeness (QED) is 0.615.